The Morgan fingerprint density at radius 2 is 1.79 bits per heavy atom. The standard InChI is InChI=1S/C18H20F3N3O4S/c1-27-16-10-22-11-17(23-16)28-14-7-5-13(6-8-14)24-29(25,26)15-4-2-3-12(9-15)18(19,20)21/h2-4,9-11,13-14,24H,5-8H2,1H3. The lowest BCUT2D eigenvalue weighted by Gasteiger charge is -2.29. The minimum atomic E-state index is -4.61. The van der Waals surface area contributed by atoms with Crippen LogP contribution < -0.4 is 14.2 Å². The van der Waals surface area contributed by atoms with E-state index in [0.717, 1.165) is 18.2 Å². The summed E-state index contributed by atoms with van der Waals surface area (Å²) in [4.78, 5) is 7.67. The number of benzene rings is 1. The van der Waals surface area contributed by atoms with Crippen LogP contribution in [0.3, 0.4) is 0 Å². The van der Waals surface area contributed by atoms with Gasteiger partial charge in [-0.25, -0.2) is 13.1 Å². The van der Waals surface area contributed by atoms with Crippen molar-refractivity contribution < 1.29 is 31.1 Å². The van der Waals surface area contributed by atoms with Crippen molar-refractivity contribution in [1.82, 2.24) is 14.7 Å². The second-order valence-electron chi connectivity index (χ2n) is 6.64. The molecule has 7 nitrogen and oxygen atoms in total. The number of nitrogens with zero attached hydrogens (tertiary/aromatic N) is 2. The molecule has 1 heterocycles. The number of aromatic nitrogens is 2. The van der Waals surface area contributed by atoms with Crippen LogP contribution in [0.2, 0.25) is 0 Å². The Bertz CT molecular complexity index is 945. The fraction of sp³-hybridized carbons (Fsp3) is 0.444. The highest BCUT2D eigenvalue weighted by Gasteiger charge is 2.32. The normalized spacial score (nSPS) is 20.3. The van der Waals surface area contributed by atoms with Gasteiger partial charge in [-0.05, 0) is 43.9 Å². The first kappa shape index (κ1) is 21.3. The molecular formula is C18H20F3N3O4S. The zero-order chi connectivity index (χ0) is 21.1. The SMILES string of the molecule is COc1cncc(OC2CCC(NS(=O)(=O)c3cccc(C(F)(F)F)c3)CC2)n1. The van der Waals surface area contributed by atoms with Gasteiger partial charge in [0, 0.05) is 6.04 Å². The largest absolute Gasteiger partial charge is 0.480 e. The molecule has 11 heteroatoms. The molecule has 0 saturated heterocycles. The molecule has 3 rings (SSSR count). The zero-order valence-corrected chi connectivity index (χ0v) is 16.3. The van der Waals surface area contributed by atoms with Crippen molar-refractivity contribution in [2.24, 2.45) is 0 Å². The molecule has 158 valence electrons. The van der Waals surface area contributed by atoms with Crippen molar-refractivity contribution in [2.45, 2.75) is 48.9 Å². The average Bonchev–Trinajstić information content (AvgIpc) is 2.69. The van der Waals surface area contributed by atoms with E-state index in [1.165, 1.54) is 19.5 Å². The maximum absolute atomic E-state index is 12.8. The monoisotopic (exact) mass is 431 g/mol. The highest BCUT2D eigenvalue weighted by molar-refractivity contribution is 7.89. The number of ether oxygens (including phenoxy) is 2. The molecule has 0 bridgehead atoms. The van der Waals surface area contributed by atoms with E-state index < -0.39 is 26.7 Å². The molecule has 0 aliphatic heterocycles. The van der Waals surface area contributed by atoms with E-state index in [1.807, 2.05) is 0 Å². The van der Waals surface area contributed by atoms with Crippen molar-refractivity contribution in [2.75, 3.05) is 7.11 Å². The van der Waals surface area contributed by atoms with E-state index in [2.05, 4.69) is 14.7 Å². The summed E-state index contributed by atoms with van der Waals surface area (Å²) in [6.45, 7) is 0. The summed E-state index contributed by atoms with van der Waals surface area (Å²) in [5.74, 6) is 0.641. The van der Waals surface area contributed by atoms with Crippen LogP contribution in [0.5, 0.6) is 11.8 Å². The molecule has 0 amide bonds. The Labute approximate surface area is 166 Å². The molecule has 0 unspecified atom stereocenters. The fourth-order valence-electron chi connectivity index (χ4n) is 3.08. The molecule has 1 aliphatic carbocycles. The summed E-state index contributed by atoms with van der Waals surface area (Å²) < 4.78 is 76.7. The summed E-state index contributed by atoms with van der Waals surface area (Å²) in [6, 6.07) is 3.32. The minimum Gasteiger partial charge on any atom is -0.480 e. The van der Waals surface area contributed by atoms with E-state index >= 15 is 0 Å². The highest BCUT2D eigenvalue weighted by Crippen LogP contribution is 2.31. The molecule has 1 aromatic heterocycles. The van der Waals surface area contributed by atoms with Crippen molar-refractivity contribution in [1.29, 1.82) is 0 Å². The zero-order valence-electron chi connectivity index (χ0n) is 15.5. The van der Waals surface area contributed by atoms with Gasteiger partial charge in [-0.15, -0.1) is 0 Å². The van der Waals surface area contributed by atoms with Crippen LogP contribution in [-0.4, -0.2) is 37.6 Å². The number of methoxy groups -OCH3 is 1. The number of hydrogen-bond donors (Lipinski definition) is 1. The summed E-state index contributed by atoms with van der Waals surface area (Å²) in [5.41, 5.74) is -1.00. The quantitative estimate of drug-likeness (QED) is 0.756. The molecule has 1 N–H and O–H groups in total. The second kappa shape index (κ2) is 8.54. The predicted molar refractivity (Wildman–Crippen MR) is 97.0 cm³/mol. The van der Waals surface area contributed by atoms with Gasteiger partial charge in [0.15, 0.2) is 0 Å². The highest BCUT2D eigenvalue weighted by atomic mass is 32.2. The molecular weight excluding hydrogens is 411 g/mol. The smallest absolute Gasteiger partial charge is 0.416 e. The Kier molecular flexibility index (Phi) is 6.27. The maximum atomic E-state index is 12.8. The molecule has 0 atom stereocenters. The molecule has 0 radical (unpaired) electrons. The van der Waals surface area contributed by atoms with E-state index in [-0.39, 0.29) is 12.1 Å². The number of halogens is 3. The van der Waals surface area contributed by atoms with Gasteiger partial charge in [-0.3, -0.25) is 4.98 Å². The predicted octanol–water partition coefficient (Wildman–Crippen LogP) is 3.17. The third-order valence-electron chi connectivity index (χ3n) is 4.55. The Morgan fingerprint density at radius 3 is 2.45 bits per heavy atom. The summed E-state index contributed by atoms with van der Waals surface area (Å²) in [5, 5.41) is 0. The minimum absolute atomic E-state index is 0.161. The Hall–Kier alpha value is -2.40. The molecule has 29 heavy (non-hydrogen) atoms. The Morgan fingerprint density at radius 1 is 1.10 bits per heavy atom. The lowest BCUT2D eigenvalue weighted by Crippen LogP contribution is -2.39. The van der Waals surface area contributed by atoms with Crippen molar-refractivity contribution in [3.05, 3.63) is 42.2 Å². The summed E-state index contributed by atoms with van der Waals surface area (Å²) in [7, 11) is -2.59. The van der Waals surface area contributed by atoms with Crippen molar-refractivity contribution in [3.8, 4) is 11.8 Å². The van der Waals surface area contributed by atoms with E-state index in [1.54, 1.807) is 0 Å². The molecule has 1 aliphatic rings. The second-order valence-corrected chi connectivity index (χ2v) is 8.35. The van der Waals surface area contributed by atoms with Crippen LogP contribution >= 0.6 is 0 Å². The van der Waals surface area contributed by atoms with Gasteiger partial charge in [-0.2, -0.15) is 18.2 Å². The van der Waals surface area contributed by atoms with Crippen LogP contribution in [0, 0.1) is 0 Å². The van der Waals surface area contributed by atoms with Gasteiger partial charge in [0.1, 0.15) is 6.10 Å². The number of alkyl halides is 3. The molecule has 1 fully saturated rings. The van der Waals surface area contributed by atoms with Crippen LogP contribution in [0.15, 0.2) is 41.6 Å². The average molecular weight is 431 g/mol. The first-order valence-electron chi connectivity index (χ1n) is 8.89. The van der Waals surface area contributed by atoms with Gasteiger partial charge in [0.05, 0.1) is 30.0 Å². The van der Waals surface area contributed by atoms with Gasteiger partial charge >= 0.3 is 6.18 Å². The van der Waals surface area contributed by atoms with Crippen LogP contribution in [0.25, 0.3) is 0 Å². The number of nitrogens with one attached hydrogen (secondary N) is 1. The fourth-order valence-corrected chi connectivity index (χ4v) is 4.43. The number of hydrogen-bond acceptors (Lipinski definition) is 6. The number of rotatable bonds is 6. The molecule has 1 saturated carbocycles. The number of sulfonamides is 1. The van der Waals surface area contributed by atoms with Crippen LogP contribution in [-0.2, 0) is 16.2 Å². The van der Waals surface area contributed by atoms with Crippen LogP contribution in [0.4, 0.5) is 13.2 Å². The van der Waals surface area contributed by atoms with Gasteiger partial charge < -0.3 is 9.47 Å². The van der Waals surface area contributed by atoms with Crippen molar-refractivity contribution in [3.63, 3.8) is 0 Å². The summed E-state index contributed by atoms with van der Waals surface area (Å²) >= 11 is 0. The maximum Gasteiger partial charge on any atom is 0.416 e. The van der Waals surface area contributed by atoms with Gasteiger partial charge in [0.25, 0.3) is 0 Å². The third kappa shape index (κ3) is 5.57. The molecule has 0 spiro atoms. The van der Waals surface area contributed by atoms with E-state index in [9.17, 15) is 21.6 Å². The first-order chi connectivity index (χ1) is 13.7. The Balaban J connectivity index is 1.58. The topological polar surface area (TPSA) is 90.4 Å². The van der Waals surface area contributed by atoms with Gasteiger partial charge in [-0.1, -0.05) is 6.07 Å². The van der Waals surface area contributed by atoms with Crippen LogP contribution in [0.1, 0.15) is 31.2 Å². The first-order valence-corrected chi connectivity index (χ1v) is 10.4. The lowest BCUT2D eigenvalue weighted by atomic mass is 9.94. The third-order valence-corrected chi connectivity index (χ3v) is 6.07. The lowest BCUT2D eigenvalue weighted by molar-refractivity contribution is -0.137. The summed E-state index contributed by atoms with van der Waals surface area (Å²) in [6.07, 6.45) is 0.246. The van der Waals surface area contributed by atoms with Gasteiger partial charge in [0.2, 0.25) is 21.8 Å². The molecule has 2 aromatic rings. The van der Waals surface area contributed by atoms with Crippen molar-refractivity contribution >= 4 is 10.0 Å². The van der Waals surface area contributed by atoms with E-state index in [0.29, 0.717) is 43.5 Å². The molecule has 1 aromatic carbocycles. The van der Waals surface area contributed by atoms with E-state index in [4.69, 9.17) is 9.47 Å².